The molecule has 0 aliphatic heterocycles. The first-order chi connectivity index (χ1) is 11.6. The minimum absolute atomic E-state index is 0.119. The summed E-state index contributed by atoms with van der Waals surface area (Å²) in [6.45, 7) is 11.7. The Morgan fingerprint density at radius 1 is 1.12 bits per heavy atom. The largest absolute Gasteiger partial charge is 0.459 e. The van der Waals surface area contributed by atoms with E-state index in [1.165, 1.54) is 0 Å². The minimum atomic E-state index is -2.67. The van der Waals surface area contributed by atoms with Crippen LogP contribution in [0.25, 0.3) is 0 Å². The van der Waals surface area contributed by atoms with Crippen LogP contribution in [-0.4, -0.2) is 38.9 Å². The molecule has 0 saturated heterocycles. The van der Waals surface area contributed by atoms with E-state index in [9.17, 15) is 18.6 Å². The highest BCUT2D eigenvalue weighted by atomic mass is 32.2. The molecule has 0 saturated carbocycles. The van der Waals surface area contributed by atoms with Crippen molar-refractivity contribution in [3.05, 3.63) is 25.3 Å². The highest BCUT2D eigenvalue weighted by molar-refractivity contribution is 7.74. The van der Waals surface area contributed by atoms with Gasteiger partial charge < -0.3 is 13.7 Å². The summed E-state index contributed by atoms with van der Waals surface area (Å²) in [6, 6.07) is 0. The Morgan fingerprint density at radius 2 is 1.56 bits per heavy atom. The van der Waals surface area contributed by atoms with Crippen LogP contribution in [-0.2, 0) is 39.4 Å². The van der Waals surface area contributed by atoms with Gasteiger partial charge in [-0.05, 0) is 26.7 Å². The number of hydrogen-bond acceptors (Lipinski definition) is 7. The molecule has 0 aliphatic rings. The van der Waals surface area contributed by atoms with E-state index < -0.39 is 46.9 Å². The molecular weight excluding hydrogens is 352 g/mol. The van der Waals surface area contributed by atoms with Gasteiger partial charge in [-0.15, -0.1) is 0 Å². The molecule has 0 aliphatic carbocycles. The Labute approximate surface area is 149 Å². The van der Waals surface area contributed by atoms with Gasteiger partial charge in [0.25, 0.3) is 0 Å². The monoisotopic (exact) mass is 376 g/mol. The second-order valence-corrected chi connectivity index (χ2v) is 6.20. The topological polar surface area (TPSA) is 116 Å². The summed E-state index contributed by atoms with van der Waals surface area (Å²) >= 11 is -2.67. The molecule has 9 heteroatoms. The predicted octanol–water partition coefficient (Wildman–Crippen LogP) is 2.08. The summed E-state index contributed by atoms with van der Waals surface area (Å²) in [6.07, 6.45) is 1.18. The maximum atomic E-state index is 11.5. The summed E-state index contributed by atoms with van der Waals surface area (Å²) in [4.78, 5) is 34.3. The number of ether oxygens (including phenoxy) is 2. The van der Waals surface area contributed by atoms with Gasteiger partial charge in [0.15, 0.2) is 0 Å². The Bertz CT molecular complexity index is 514. The molecule has 3 atom stereocenters. The lowest BCUT2D eigenvalue weighted by atomic mass is 9.75. The summed E-state index contributed by atoms with van der Waals surface area (Å²) in [5, 5.41) is 0. The summed E-state index contributed by atoms with van der Waals surface area (Å²) in [5.74, 6) is -2.10. The molecule has 8 nitrogen and oxygen atoms in total. The molecule has 0 aromatic rings. The quantitative estimate of drug-likeness (QED) is 0.331. The van der Waals surface area contributed by atoms with E-state index in [0.717, 1.165) is 12.2 Å². The SMILES string of the molecule is C=CC(=O)OC(C)C(C)(CCCC(=O)OS(=O)O)C(C)OC(=O)C=C. The zero-order chi connectivity index (χ0) is 19.6. The van der Waals surface area contributed by atoms with Crippen molar-refractivity contribution in [3.8, 4) is 0 Å². The average Bonchev–Trinajstić information content (AvgIpc) is 2.53. The minimum Gasteiger partial charge on any atom is -0.459 e. The van der Waals surface area contributed by atoms with E-state index >= 15 is 0 Å². The second kappa shape index (κ2) is 10.8. The molecule has 1 N–H and O–H groups in total. The second-order valence-electron chi connectivity index (χ2n) is 5.60. The predicted molar refractivity (Wildman–Crippen MR) is 90.3 cm³/mol. The fourth-order valence-corrected chi connectivity index (χ4v) is 2.43. The van der Waals surface area contributed by atoms with Crippen molar-refractivity contribution in [1.29, 1.82) is 0 Å². The van der Waals surface area contributed by atoms with Gasteiger partial charge in [0.1, 0.15) is 12.2 Å². The van der Waals surface area contributed by atoms with Gasteiger partial charge in [0, 0.05) is 24.0 Å². The highest BCUT2D eigenvalue weighted by Crippen LogP contribution is 2.36. The van der Waals surface area contributed by atoms with Crippen molar-refractivity contribution in [3.63, 3.8) is 0 Å². The van der Waals surface area contributed by atoms with Gasteiger partial charge in [-0.3, -0.25) is 9.35 Å². The third-order valence-electron chi connectivity index (χ3n) is 4.04. The number of carbonyl (C=O) groups excluding carboxylic acids is 3. The van der Waals surface area contributed by atoms with Gasteiger partial charge in [0.05, 0.1) is 0 Å². The van der Waals surface area contributed by atoms with Gasteiger partial charge in [-0.25, -0.2) is 9.59 Å². The van der Waals surface area contributed by atoms with Crippen LogP contribution in [0.3, 0.4) is 0 Å². The third kappa shape index (κ3) is 8.08. The van der Waals surface area contributed by atoms with Crippen LogP contribution >= 0.6 is 0 Å². The lowest BCUT2D eigenvalue weighted by molar-refractivity contribution is -0.165. The molecule has 0 radical (unpaired) electrons. The first-order valence-corrected chi connectivity index (χ1v) is 8.58. The fourth-order valence-electron chi connectivity index (χ4n) is 2.19. The molecule has 25 heavy (non-hydrogen) atoms. The van der Waals surface area contributed by atoms with E-state index in [0.29, 0.717) is 6.42 Å². The van der Waals surface area contributed by atoms with Gasteiger partial charge in [-0.1, -0.05) is 20.1 Å². The fraction of sp³-hybridized carbons (Fsp3) is 0.562. The molecule has 3 unspecified atom stereocenters. The molecule has 0 fully saturated rings. The van der Waals surface area contributed by atoms with Crippen molar-refractivity contribution in [2.75, 3.05) is 0 Å². The number of carbonyl (C=O) groups is 3. The molecule has 0 rings (SSSR count). The Morgan fingerprint density at radius 3 is 1.92 bits per heavy atom. The van der Waals surface area contributed by atoms with E-state index in [1.54, 1.807) is 20.8 Å². The van der Waals surface area contributed by atoms with Crippen molar-refractivity contribution >= 4 is 29.3 Å². The number of rotatable bonds is 11. The summed E-state index contributed by atoms with van der Waals surface area (Å²) < 4.78 is 33.6. The van der Waals surface area contributed by atoms with Gasteiger partial charge in [0.2, 0.25) is 0 Å². The van der Waals surface area contributed by atoms with Crippen LogP contribution in [0.4, 0.5) is 0 Å². The zero-order valence-corrected chi connectivity index (χ0v) is 15.4. The first-order valence-electron chi connectivity index (χ1n) is 7.55. The molecule has 0 aromatic heterocycles. The van der Waals surface area contributed by atoms with Crippen molar-refractivity contribution < 1.29 is 36.8 Å². The molecule has 0 bridgehead atoms. The molecule has 142 valence electrons. The molecule has 0 heterocycles. The molecule has 0 spiro atoms. The van der Waals surface area contributed by atoms with E-state index in [-0.39, 0.29) is 12.8 Å². The van der Waals surface area contributed by atoms with Gasteiger partial charge in [-0.2, -0.15) is 4.21 Å². The van der Waals surface area contributed by atoms with Crippen LogP contribution in [0.5, 0.6) is 0 Å². The van der Waals surface area contributed by atoms with Crippen LogP contribution in [0, 0.1) is 5.41 Å². The van der Waals surface area contributed by atoms with Gasteiger partial charge >= 0.3 is 29.3 Å². The Hall–Kier alpha value is -2.00. The van der Waals surface area contributed by atoms with Crippen molar-refractivity contribution in [2.24, 2.45) is 5.41 Å². The lowest BCUT2D eigenvalue weighted by Gasteiger charge is -2.39. The smallest absolute Gasteiger partial charge is 0.360 e. The standard InChI is InChI=1S/C16H24O8S/c1-6-13(17)22-11(3)16(5,12(4)23-14(18)7-2)10-8-9-15(19)24-25(20)21/h6-7,11-12H,1-2,8-10H2,3-5H3,(H,20,21). The first kappa shape index (κ1) is 23.0. The van der Waals surface area contributed by atoms with E-state index in [1.807, 2.05) is 0 Å². The summed E-state index contributed by atoms with van der Waals surface area (Å²) in [5.41, 5.74) is -0.823. The number of hydrogen-bond donors (Lipinski definition) is 1. The van der Waals surface area contributed by atoms with Crippen LogP contribution in [0.1, 0.15) is 40.0 Å². The van der Waals surface area contributed by atoms with Crippen LogP contribution in [0.2, 0.25) is 0 Å². The van der Waals surface area contributed by atoms with Crippen molar-refractivity contribution in [1.82, 2.24) is 0 Å². The molecular formula is C16H24O8S. The van der Waals surface area contributed by atoms with Crippen molar-refractivity contribution in [2.45, 2.75) is 52.2 Å². The maximum Gasteiger partial charge on any atom is 0.360 e. The number of esters is 2. The Kier molecular flexibility index (Phi) is 9.92. The highest BCUT2D eigenvalue weighted by Gasteiger charge is 2.41. The van der Waals surface area contributed by atoms with Crippen LogP contribution in [0.15, 0.2) is 25.3 Å². The normalized spacial score (nSPS) is 16.5. The summed E-state index contributed by atoms with van der Waals surface area (Å²) in [7, 11) is 0. The maximum absolute atomic E-state index is 11.5. The third-order valence-corrected chi connectivity index (χ3v) is 4.37. The Balaban J connectivity index is 5.10. The molecule has 0 aromatic carbocycles. The lowest BCUT2D eigenvalue weighted by Crippen LogP contribution is -2.44. The molecule has 0 amide bonds. The average molecular weight is 376 g/mol. The van der Waals surface area contributed by atoms with E-state index in [2.05, 4.69) is 17.3 Å². The van der Waals surface area contributed by atoms with E-state index in [4.69, 9.17) is 14.0 Å². The zero-order valence-electron chi connectivity index (χ0n) is 14.6. The van der Waals surface area contributed by atoms with Crippen LogP contribution < -0.4 is 0 Å².